The number of carboxylic acid groups (broad SMARTS) is 2. The highest BCUT2D eigenvalue weighted by molar-refractivity contribution is 5.88. The zero-order valence-electron chi connectivity index (χ0n) is 28.0. The number of carboxylic acids is 2. The summed E-state index contributed by atoms with van der Waals surface area (Å²) < 4.78 is 11.0. The first-order valence-corrected chi connectivity index (χ1v) is 17.0. The first-order chi connectivity index (χ1) is 22.3. The van der Waals surface area contributed by atoms with Gasteiger partial charge < -0.3 is 30.7 Å². The van der Waals surface area contributed by atoms with E-state index >= 15 is 0 Å². The van der Waals surface area contributed by atoms with Crippen LogP contribution in [0.5, 0.6) is 0 Å². The number of methoxy groups -OCH3 is 2. The number of hydrogen-bond acceptors (Lipinski definition) is 10. The van der Waals surface area contributed by atoms with Crippen LogP contribution in [0.1, 0.15) is 110 Å². The van der Waals surface area contributed by atoms with Gasteiger partial charge >= 0.3 is 11.9 Å². The zero-order valence-corrected chi connectivity index (χ0v) is 28.0. The van der Waals surface area contributed by atoms with Crippen molar-refractivity contribution in [3.63, 3.8) is 0 Å². The third-order valence-electron chi connectivity index (χ3n) is 9.19. The van der Waals surface area contributed by atoms with Crippen LogP contribution in [0.3, 0.4) is 0 Å². The van der Waals surface area contributed by atoms with Gasteiger partial charge in [-0.15, -0.1) is 0 Å². The summed E-state index contributed by atoms with van der Waals surface area (Å²) in [6.45, 7) is 4.84. The topological polar surface area (TPSA) is 181 Å². The third-order valence-corrected chi connectivity index (χ3v) is 9.19. The van der Waals surface area contributed by atoms with Crippen LogP contribution < -0.4 is 11.1 Å². The maximum atomic E-state index is 11.3. The highest BCUT2D eigenvalue weighted by Gasteiger charge is 2.24. The minimum Gasteiger partial charge on any atom is -0.499 e. The average Bonchev–Trinajstić information content (AvgIpc) is 3.07. The van der Waals surface area contributed by atoms with E-state index in [0.29, 0.717) is 66.6 Å². The van der Waals surface area contributed by atoms with Gasteiger partial charge in [-0.25, -0.2) is 9.59 Å². The molecule has 12 heteroatoms. The molecule has 5 N–H and O–H groups in total. The van der Waals surface area contributed by atoms with Crippen LogP contribution in [0.2, 0.25) is 0 Å². The Hall–Kier alpha value is -3.38. The number of azo groups is 2. The van der Waals surface area contributed by atoms with E-state index < -0.39 is 11.9 Å². The van der Waals surface area contributed by atoms with E-state index in [1.54, 1.807) is 14.2 Å². The Morgan fingerprint density at radius 2 is 1.15 bits per heavy atom. The summed E-state index contributed by atoms with van der Waals surface area (Å²) >= 11 is 0. The Labute approximate surface area is 273 Å². The summed E-state index contributed by atoms with van der Waals surface area (Å²) in [5, 5.41) is 39.1. The molecule has 0 aliphatic heterocycles. The zero-order chi connectivity index (χ0) is 33.3. The van der Waals surface area contributed by atoms with Crippen LogP contribution in [0.15, 0.2) is 65.9 Å². The molecule has 0 bridgehead atoms. The minimum atomic E-state index is -0.874. The summed E-state index contributed by atoms with van der Waals surface area (Å²) in [5.41, 5.74) is 9.42. The highest BCUT2D eigenvalue weighted by atomic mass is 16.5. The fourth-order valence-corrected chi connectivity index (χ4v) is 6.45. The van der Waals surface area contributed by atoms with Crippen molar-refractivity contribution >= 4 is 11.9 Å². The number of ether oxygens (including phenoxy) is 2. The molecule has 0 aromatic carbocycles. The van der Waals surface area contributed by atoms with E-state index in [1.807, 2.05) is 0 Å². The van der Waals surface area contributed by atoms with E-state index in [2.05, 4.69) is 32.7 Å². The number of hydrogen-bond donors (Lipinski definition) is 4. The van der Waals surface area contributed by atoms with Gasteiger partial charge in [0.1, 0.15) is 22.9 Å². The van der Waals surface area contributed by atoms with Crippen molar-refractivity contribution in [2.24, 2.45) is 38.0 Å². The number of nitrogens with two attached hydrogens (primary N) is 1. The molecule has 0 aromatic rings. The van der Waals surface area contributed by atoms with Crippen molar-refractivity contribution in [2.75, 3.05) is 33.9 Å². The van der Waals surface area contributed by atoms with Gasteiger partial charge in [0.2, 0.25) is 0 Å². The smallest absolute Gasteiger partial charge is 0.333 e. The Morgan fingerprint density at radius 3 is 1.57 bits per heavy atom. The van der Waals surface area contributed by atoms with Gasteiger partial charge in [-0.05, 0) is 121 Å². The van der Waals surface area contributed by atoms with Crippen molar-refractivity contribution in [1.82, 2.24) is 5.32 Å². The van der Waals surface area contributed by atoms with Gasteiger partial charge in [0.25, 0.3) is 0 Å². The SMILES string of the molecule is CCNCCC1CCC(N=NC2=C(C(=O)O)CCCC2)=C(OC)C1.COC1=C(N=NC2=C(C(=O)O)CCCC2)CCC(CCN)C1. The minimum absolute atomic E-state index is 0.409. The average molecular weight is 643 g/mol. The maximum absolute atomic E-state index is 11.3. The molecule has 12 nitrogen and oxygen atoms in total. The number of carbonyl (C=O) groups is 2. The predicted molar refractivity (Wildman–Crippen MR) is 176 cm³/mol. The van der Waals surface area contributed by atoms with E-state index in [-0.39, 0.29) is 0 Å². The Kier molecular flexibility index (Phi) is 16.1. The quantitative estimate of drug-likeness (QED) is 0.112. The predicted octanol–water partition coefficient (Wildman–Crippen LogP) is 7.37. The molecule has 0 radical (unpaired) electrons. The molecule has 4 aliphatic rings. The molecule has 46 heavy (non-hydrogen) atoms. The Bertz CT molecular complexity index is 1230. The standard InChI is InChI=1S/C18H29N3O3.C16H25N3O3/c1-3-19-11-10-13-8-9-16(17(12-13)24-2)21-20-15-7-5-4-6-14(15)18(22)23;1-22-15-10-11(8-9-17)6-7-14(15)19-18-13-5-3-2-4-12(13)16(20)21/h13,19H,3-12H2,1-2H3,(H,22,23);11H,2-10,17H2,1H3,(H,20,21). The summed E-state index contributed by atoms with van der Waals surface area (Å²) in [6.07, 6.45) is 14.0. The molecule has 0 saturated heterocycles. The Balaban J connectivity index is 0.000000251. The molecule has 4 rings (SSSR count). The lowest BCUT2D eigenvalue weighted by atomic mass is 9.88. The molecular weight excluding hydrogens is 588 g/mol. The molecule has 2 atom stereocenters. The molecule has 0 aromatic heterocycles. The third kappa shape index (κ3) is 11.5. The van der Waals surface area contributed by atoms with E-state index in [0.717, 1.165) is 113 Å². The first kappa shape index (κ1) is 37.1. The van der Waals surface area contributed by atoms with Crippen LogP contribution in [0.4, 0.5) is 0 Å². The van der Waals surface area contributed by atoms with Crippen molar-refractivity contribution in [3.8, 4) is 0 Å². The van der Waals surface area contributed by atoms with Gasteiger partial charge in [-0.2, -0.15) is 20.5 Å². The Morgan fingerprint density at radius 1 is 0.717 bits per heavy atom. The second kappa shape index (κ2) is 20.0. The van der Waals surface area contributed by atoms with Crippen molar-refractivity contribution < 1.29 is 29.3 Å². The largest absolute Gasteiger partial charge is 0.499 e. The highest BCUT2D eigenvalue weighted by Crippen LogP contribution is 2.35. The maximum Gasteiger partial charge on any atom is 0.333 e. The number of nitrogens with zero attached hydrogens (tertiary/aromatic N) is 4. The molecule has 4 aliphatic carbocycles. The summed E-state index contributed by atoms with van der Waals surface area (Å²) in [7, 11) is 3.33. The lowest BCUT2D eigenvalue weighted by molar-refractivity contribution is -0.134. The molecular formula is C34H54N6O6. The first-order valence-electron chi connectivity index (χ1n) is 17.0. The summed E-state index contributed by atoms with van der Waals surface area (Å²) in [6, 6.07) is 0. The van der Waals surface area contributed by atoms with Gasteiger partial charge in [0.05, 0.1) is 36.8 Å². The molecule has 256 valence electrons. The summed E-state index contributed by atoms with van der Waals surface area (Å²) in [5.74, 6) is 1.18. The van der Waals surface area contributed by atoms with Gasteiger partial charge in [0, 0.05) is 12.8 Å². The van der Waals surface area contributed by atoms with E-state index in [9.17, 15) is 19.8 Å². The van der Waals surface area contributed by atoms with Crippen LogP contribution >= 0.6 is 0 Å². The summed E-state index contributed by atoms with van der Waals surface area (Å²) in [4.78, 5) is 22.5. The second-order valence-electron chi connectivity index (χ2n) is 12.4. The normalized spacial score (nSPS) is 22.8. The molecule has 0 heterocycles. The number of allylic oxidation sites excluding steroid dienone is 6. The van der Waals surface area contributed by atoms with Crippen LogP contribution in [0.25, 0.3) is 0 Å². The molecule has 2 unspecified atom stereocenters. The fourth-order valence-electron chi connectivity index (χ4n) is 6.45. The molecule has 0 saturated carbocycles. The fraction of sp³-hybridized carbons (Fsp3) is 0.706. The van der Waals surface area contributed by atoms with Crippen LogP contribution in [-0.4, -0.2) is 56.0 Å². The van der Waals surface area contributed by atoms with E-state index in [1.165, 1.54) is 0 Å². The van der Waals surface area contributed by atoms with Crippen LogP contribution in [0, 0.1) is 11.8 Å². The molecule has 0 spiro atoms. The number of aliphatic carboxylic acids is 2. The van der Waals surface area contributed by atoms with Crippen LogP contribution in [-0.2, 0) is 19.1 Å². The van der Waals surface area contributed by atoms with Crippen molar-refractivity contribution in [3.05, 3.63) is 45.5 Å². The van der Waals surface area contributed by atoms with Gasteiger partial charge in [-0.1, -0.05) is 6.92 Å². The second-order valence-corrected chi connectivity index (χ2v) is 12.4. The van der Waals surface area contributed by atoms with Crippen molar-refractivity contribution in [1.29, 1.82) is 0 Å². The van der Waals surface area contributed by atoms with E-state index in [4.69, 9.17) is 15.2 Å². The number of rotatable bonds is 14. The molecule has 0 amide bonds. The lowest BCUT2D eigenvalue weighted by Gasteiger charge is -2.24. The van der Waals surface area contributed by atoms with Gasteiger partial charge in [-0.3, -0.25) is 0 Å². The van der Waals surface area contributed by atoms with Crippen molar-refractivity contribution in [2.45, 2.75) is 110 Å². The number of nitrogens with one attached hydrogen (secondary N) is 1. The monoisotopic (exact) mass is 642 g/mol. The lowest BCUT2D eigenvalue weighted by Crippen LogP contribution is -2.20. The van der Waals surface area contributed by atoms with Gasteiger partial charge in [0.15, 0.2) is 0 Å². The molecule has 0 fully saturated rings.